The number of rotatable bonds is 1. The standard InChI is InChI=1S/C12H11N3O2/c1-7-13-12(15-17-7)9-2-4-10-8(6-9)3-5-11(10)14-16/h2,4,6,16H,3,5H2,1H3/b14-11+. The summed E-state index contributed by atoms with van der Waals surface area (Å²) in [6, 6.07) is 5.88. The van der Waals surface area contributed by atoms with E-state index in [1.807, 2.05) is 18.2 Å². The van der Waals surface area contributed by atoms with Crippen LogP contribution in [0.2, 0.25) is 0 Å². The Morgan fingerprint density at radius 1 is 1.35 bits per heavy atom. The van der Waals surface area contributed by atoms with Crippen LogP contribution >= 0.6 is 0 Å². The molecule has 0 bridgehead atoms. The molecule has 0 radical (unpaired) electrons. The van der Waals surface area contributed by atoms with Crippen LogP contribution < -0.4 is 0 Å². The summed E-state index contributed by atoms with van der Waals surface area (Å²) < 4.78 is 4.96. The highest BCUT2D eigenvalue weighted by Crippen LogP contribution is 2.27. The molecule has 1 heterocycles. The van der Waals surface area contributed by atoms with Crippen LogP contribution in [0.5, 0.6) is 0 Å². The molecule has 0 unspecified atom stereocenters. The van der Waals surface area contributed by atoms with Gasteiger partial charge in [0, 0.05) is 18.1 Å². The first-order valence-corrected chi connectivity index (χ1v) is 5.43. The van der Waals surface area contributed by atoms with Gasteiger partial charge in [-0.1, -0.05) is 22.4 Å². The normalized spacial score (nSPS) is 16.4. The fourth-order valence-corrected chi connectivity index (χ4v) is 2.13. The van der Waals surface area contributed by atoms with E-state index in [9.17, 15) is 0 Å². The van der Waals surface area contributed by atoms with Crippen molar-refractivity contribution in [2.45, 2.75) is 19.8 Å². The molecular weight excluding hydrogens is 218 g/mol. The van der Waals surface area contributed by atoms with Crippen molar-refractivity contribution in [3.8, 4) is 11.4 Å². The molecule has 86 valence electrons. The Hall–Kier alpha value is -2.17. The van der Waals surface area contributed by atoms with Gasteiger partial charge in [-0.2, -0.15) is 4.98 Å². The molecule has 1 N–H and O–H groups in total. The second kappa shape index (κ2) is 3.69. The topological polar surface area (TPSA) is 71.5 Å². The summed E-state index contributed by atoms with van der Waals surface area (Å²) >= 11 is 0. The third kappa shape index (κ3) is 1.60. The summed E-state index contributed by atoms with van der Waals surface area (Å²) in [6.45, 7) is 1.76. The fraction of sp³-hybridized carbons (Fsp3) is 0.250. The molecule has 1 aromatic carbocycles. The number of hydrogen-bond donors (Lipinski definition) is 1. The molecule has 1 aliphatic carbocycles. The van der Waals surface area contributed by atoms with Crippen LogP contribution in [0.4, 0.5) is 0 Å². The van der Waals surface area contributed by atoms with Gasteiger partial charge in [-0.05, 0) is 24.5 Å². The quantitative estimate of drug-likeness (QED) is 0.600. The number of benzene rings is 1. The third-order valence-corrected chi connectivity index (χ3v) is 2.95. The first kappa shape index (κ1) is 10.0. The van der Waals surface area contributed by atoms with Crippen LogP contribution in [-0.2, 0) is 6.42 Å². The molecule has 1 aromatic heterocycles. The SMILES string of the molecule is Cc1nc(-c2ccc3c(c2)CC/C3=N\O)no1. The van der Waals surface area contributed by atoms with Crippen LogP contribution in [-0.4, -0.2) is 21.1 Å². The van der Waals surface area contributed by atoms with Gasteiger partial charge >= 0.3 is 0 Å². The number of hydrogen-bond acceptors (Lipinski definition) is 5. The predicted molar refractivity (Wildman–Crippen MR) is 61.1 cm³/mol. The fourth-order valence-electron chi connectivity index (χ4n) is 2.13. The maximum atomic E-state index is 8.85. The maximum absolute atomic E-state index is 8.85. The summed E-state index contributed by atoms with van der Waals surface area (Å²) in [6.07, 6.45) is 1.67. The van der Waals surface area contributed by atoms with Gasteiger partial charge in [-0.15, -0.1) is 0 Å². The van der Waals surface area contributed by atoms with Crippen LogP contribution in [0.15, 0.2) is 27.9 Å². The van der Waals surface area contributed by atoms with Gasteiger partial charge in [0.25, 0.3) is 0 Å². The van der Waals surface area contributed by atoms with Gasteiger partial charge in [0.2, 0.25) is 11.7 Å². The lowest BCUT2D eigenvalue weighted by atomic mass is 10.1. The van der Waals surface area contributed by atoms with Crippen LogP contribution in [0, 0.1) is 6.92 Å². The minimum absolute atomic E-state index is 0.554. The lowest BCUT2D eigenvalue weighted by molar-refractivity contribution is 0.318. The van der Waals surface area contributed by atoms with Gasteiger partial charge in [-0.25, -0.2) is 0 Å². The Bertz CT molecular complexity index is 602. The molecule has 0 saturated heterocycles. The van der Waals surface area contributed by atoms with E-state index in [1.165, 1.54) is 0 Å². The highest BCUT2D eigenvalue weighted by Gasteiger charge is 2.19. The minimum atomic E-state index is 0.554. The summed E-state index contributed by atoms with van der Waals surface area (Å²) in [5, 5.41) is 16.0. The van der Waals surface area contributed by atoms with Crippen molar-refractivity contribution in [3.63, 3.8) is 0 Å². The molecule has 17 heavy (non-hydrogen) atoms. The third-order valence-electron chi connectivity index (χ3n) is 2.95. The number of nitrogens with zero attached hydrogens (tertiary/aromatic N) is 3. The van der Waals surface area contributed by atoms with Gasteiger partial charge < -0.3 is 9.73 Å². The molecule has 0 spiro atoms. The maximum Gasteiger partial charge on any atom is 0.223 e. The zero-order valence-corrected chi connectivity index (χ0v) is 9.34. The highest BCUT2D eigenvalue weighted by molar-refractivity contribution is 6.04. The lowest BCUT2D eigenvalue weighted by Crippen LogP contribution is -1.94. The van der Waals surface area contributed by atoms with E-state index in [1.54, 1.807) is 6.92 Å². The molecule has 1 aliphatic rings. The van der Waals surface area contributed by atoms with Gasteiger partial charge in [0.05, 0.1) is 5.71 Å². The van der Waals surface area contributed by atoms with E-state index < -0.39 is 0 Å². The summed E-state index contributed by atoms with van der Waals surface area (Å²) in [5.74, 6) is 1.15. The van der Waals surface area contributed by atoms with Crippen LogP contribution in [0.1, 0.15) is 23.4 Å². The molecule has 5 nitrogen and oxygen atoms in total. The first-order chi connectivity index (χ1) is 8.28. The van der Waals surface area contributed by atoms with E-state index in [2.05, 4.69) is 15.3 Å². The number of fused-ring (bicyclic) bond motifs is 1. The zero-order chi connectivity index (χ0) is 11.8. The highest BCUT2D eigenvalue weighted by atomic mass is 16.5. The average Bonchev–Trinajstić information content (AvgIpc) is 2.94. The molecule has 5 heteroatoms. The van der Waals surface area contributed by atoms with Gasteiger partial charge in [-0.3, -0.25) is 0 Å². The second-order valence-electron chi connectivity index (χ2n) is 4.06. The molecule has 0 saturated carbocycles. The van der Waals surface area contributed by atoms with E-state index in [0.717, 1.165) is 35.2 Å². The average molecular weight is 229 g/mol. The van der Waals surface area contributed by atoms with Crippen molar-refractivity contribution in [1.29, 1.82) is 0 Å². The molecule has 2 aromatic rings. The van der Waals surface area contributed by atoms with Crippen molar-refractivity contribution >= 4 is 5.71 Å². The Kier molecular flexibility index (Phi) is 2.18. The molecular formula is C12H11N3O2. The number of aryl methyl sites for hydroxylation is 2. The summed E-state index contributed by atoms with van der Waals surface area (Å²) in [7, 11) is 0. The Morgan fingerprint density at radius 3 is 2.94 bits per heavy atom. The van der Waals surface area contributed by atoms with E-state index >= 15 is 0 Å². The molecule has 0 aliphatic heterocycles. The lowest BCUT2D eigenvalue weighted by Gasteiger charge is -2.00. The van der Waals surface area contributed by atoms with Gasteiger partial charge in [0.1, 0.15) is 0 Å². The van der Waals surface area contributed by atoms with E-state index in [-0.39, 0.29) is 0 Å². The largest absolute Gasteiger partial charge is 0.411 e. The predicted octanol–water partition coefficient (Wildman–Crippen LogP) is 2.17. The second-order valence-corrected chi connectivity index (χ2v) is 4.06. The van der Waals surface area contributed by atoms with Crippen molar-refractivity contribution in [2.24, 2.45) is 5.16 Å². The molecule has 0 amide bonds. The van der Waals surface area contributed by atoms with Crippen molar-refractivity contribution in [3.05, 3.63) is 35.2 Å². The number of aromatic nitrogens is 2. The van der Waals surface area contributed by atoms with Crippen LogP contribution in [0.3, 0.4) is 0 Å². The summed E-state index contributed by atoms with van der Waals surface area (Å²) in [5.41, 5.74) is 3.85. The molecule has 0 atom stereocenters. The molecule has 3 rings (SSSR count). The van der Waals surface area contributed by atoms with E-state index in [0.29, 0.717) is 11.7 Å². The Balaban J connectivity index is 2.06. The molecule has 0 fully saturated rings. The van der Waals surface area contributed by atoms with Crippen molar-refractivity contribution < 1.29 is 9.73 Å². The smallest absolute Gasteiger partial charge is 0.223 e. The number of oxime groups is 1. The minimum Gasteiger partial charge on any atom is -0.411 e. The van der Waals surface area contributed by atoms with Crippen LogP contribution in [0.25, 0.3) is 11.4 Å². The Labute approximate surface area is 97.8 Å². The Morgan fingerprint density at radius 2 is 2.24 bits per heavy atom. The van der Waals surface area contributed by atoms with Crippen molar-refractivity contribution in [1.82, 2.24) is 10.1 Å². The zero-order valence-electron chi connectivity index (χ0n) is 9.34. The monoisotopic (exact) mass is 229 g/mol. The first-order valence-electron chi connectivity index (χ1n) is 5.43. The van der Waals surface area contributed by atoms with Crippen molar-refractivity contribution in [2.75, 3.05) is 0 Å². The van der Waals surface area contributed by atoms with E-state index in [4.69, 9.17) is 9.73 Å². The summed E-state index contributed by atoms with van der Waals surface area (Å²) in [4.78, 5) is 4.19. The van der Waals surface area contributed by atoms with Gasteiger partial charge in [0.15, 0.2) is 0 Å².